The van der Waals surface area contributed by atoms with Crippen LogP contribution in [-0.2, 0) is 0 Å². The Labute approximate surface area is 156 Å². The largest absolute Gasteiger partial charge is 0.393 e. The van der Waals surface area contributed by atoms with Crippen molar-refractivity contribution >= 4 is 28.7 Å². The standard InChI is InChI=1S/C19H20FN7/c20-14-1-3-16(4-2-14)26-9-11-27(12-10-26)19-17(21)18(23-13-24-19)25-15-5-7-22-8-6-15/h1-8,13H,9-12,21H2,(H,22,23,24,25). The molecule has 3 aromatic rings. The smallest absolute Gasteiger partial charge is 0.159 e. The lowest BCUT2D eigenvalue weighted by Gasteiger charge is -2.37. The number of halogens is 1. The highest BCUT2D eigenvalue weighted by Gasteiger charge is 2.21. The molecule has 138 valence electrons. The van der Waals surface area contributed by atoms with Gasteiger partial charge in [0.1, 0.15) is 17.8 Å². The number of nitrogens with zero attached hydrogens (tertiary/aromatic N) is 5. The van der Waals surface area contributed by atoms with Gasteiger partial charge in [-0.25, -0.2) is 14.4 Å². The molecule has 1 saturated heterocycles. The van der Waals surface area contributed by atoms with E-state index in [1.54, 1.807) is 24.5 Å². The molecule has 0 atom stereocenters. The van der Waals surface area contributed by atoms with E-state index in [0.29, 0.717) is 11.5 Å². The van der Waals surface area contributed by atoms with Gasteiger partial charge in [0.2, 0.25) is 0 Å². The SMILES string of the molecule is Nc1c(Nc2ccncc2)ncnc1N1CCN(c2ccc(F)cc2)CC1. The van der Waals surface area contributed by atoms with E-state index in [9.17, 15) is 4.39 Å². The van der Waals surface area contributed by atoms with Crippen molar-refractivity contribution in [2.75, 3.05) is 47.0 Å². The van der Waals surface area contributed by atoms with Crippen molar-refractivity contribution in [1.82, 2.24) is 15.0 Å². The molecule has 8 heteroatoms. The lowest BCUT2D eigenvalue weighted by atomic mass is 10.2. The maximum absolute atomic E-state index is 13.1. The summed E-state index contributed by atoms with van der Waals surface area (Å²) in [7, 11) is 0. The van der Waals surface area contributed by atoms with E-state index in [1.165, 1.54) is 18.5 Å². The first-order valence-corrected chi connectivity index (χ1v) is 8.74. The van der Waals surface area contributed by atoms with Crippen LogP contribution in [0.3, 0.4) is 0 Å². The molecule has 0 saturated carbocycles. The summed E-state index contributed by atoms with van der Waals surface area (Å²) in [5, 5.41) is 3.20. The Morgan fingerprint density at radius 1 is 0.889 bits per heavy atom. The minimum Gasteiger partial charge on any atom is -0.393 e. The Balaban J connectivity index is 1.46. The van der Waals surface area contributed by atoms with Crippen molar-refractivity contribution < 1.29 is 4.39 Å². The van der Waals surface area contributed by atoms with Gasteiger partial charge in [-0.15, -0.1) is 0 Å². The van der Waals surface area contributed by atoms with Crippen molar-refractivity contribution in [2.45, 2.75) is 0 Å². The predicted octanol–water partition coefficient (Wildman–Crippen LogP) is 2.66. The lowest BCUT2D eigenvalue weighted by Crippen LogP contribution is -2.47. The zero-order valence-corrected chi connectivity index (χ0v) is 14.7. The van der Waals surface area contributed by atoms with Crippen LogP contribution in [0.4, 0.5) is 33.1 Å². The monoisotopic (exact) mass is 365 g/mol. The first-order valence-electron chi connectivity index (χ1n) is 8.74. The van der Waals surface area contributed by atoms with Crippen molar-refractivity contribution in [3.63, 3.8) is 0 Å². The summed E-state index contributed by atoms with van der Waals surface area (Å²) in [6.45, 7) is 3.16. The number of piperazine rings is 1. The van der Waals surface area contributed by atoms with E-state index in [1.807, 2.05) is 12.1 Å². The van der Waals surface area contributed by atoms with Crippen LogP contribution in [0.15, 0.2) is 55.1 Å². The fourth-order valence-electron chi connectivity index (χ4n) is 3.14. The zero-order chi connectivity index (χ0) is 18.6. The Kier molecular flexibility index (Phi) is 4.69. The van der Waals surface area contributed by atoms with E-state index in [0.717, 1.165) is 43.4 Å². The van der Waals surface area contributed by atoms with Gasteiger partial charge in [0, 0.05) is 49.9 Å². The van der Waals surface area contributed by atoms with Crippen LogP contribution in [0.25, 0.3) is 0 Å². The molecule has 7 nitrogen and oxygen atoms in total. The molecule has 0 unspecified atom stereocenters. The summed E-state index contributed by atoms with van der Waals surface area (Å²) in [5.41, 5.74) is 8.73. The molecule has 0 aliphatic carbocycles. The summed E-state index contributed by atoms with van der Waals surface area (Å²) in [6.07, 6.45) is 4.92. The van der Waals surface area contributed by atoms with Crippen LogP contribution >= 0.6 is 0 Å². The van der Waals surface area contributed by atoms with Crippen molar-refractivity contribution in [3.8, 4) is 0 Å². The molecule has 4 rings (SSSR count). The van der Waals surface area contributed by atoms with E-state index >= 15 is 0 Å². The van der Waals surface area contributed by atoms with Gasteiger partial charge in [0.05, 0.1) is 0 Å². The van der Waals surface area contributed by atoms with Crippen molar-refractivity contribution in [2.24, 2.45) is 0 Å². The third-order valence-corrected chi connectivity index (χ3v) is 4.58. The van der Waals surface area contributed by atoms with Crippen LogP contribution < -0.4 is 20.9 Å². The highest BCUT2D eigenvalue weighted by molar-refractivity contribution is 5.78. The molecule has 0 amide bonds. The van der Waals surface area contributed by atoms with Crippen LogP contribution in [0.1, 0.15) is 0 Å². The molecule has 1 fully saturated rings. The number of nitrogens with one attached hydrogen (secondary N) is 1. The number of hydrogen-bond donors (Lipinski definition) is 2. The van der Waals surface area contributed by atoms with Crippen LogP contribution in [0.5, 0.6) is 0 Å². The molecule has 0 radical (unpaired) electrons. The van der Waals surface area contributed by atoms with Gasteiger partial charge in [-0.1, -0.05) is 0 Å². The highest BCUT2D eigenvalue weighted by Crippen LogP contribution is 2.29. The van der Waals surface area contributed by atoms with Crippen molar-refractivity contribution in [1.29, 1.82) is 0 Å². The van der Waals surface area contributed by atoms with Gasteiger partial charge in [-0.3, -0.25) is 4.98 Å². The van der Waals surface area contributed by atoms with Gasteiger partial charge < -0.3 is 20.9 Å². The second-order valence-corrected chi connectivity index (χ2v) is 6.27. The molecule has 27 heavy (non-hydrogen) atoms. The Morgan fingerprint density at radius 2 is 1.56 bits per heavy atom. The van der Waals surface area contributed by atoms with Gasteiger partial charge >= 0.3 is 0 Å². The van der Waals surface area contributed by atoms with Gasteiger partial charge in [-0.05, 0) is 36.4 Å². The third-order valence-electron chi connectivity index (χ3n) is 4.58. The molecule has 1 aromatic carbocycles. The molecule has 3 N–H and O–H groups in total. The number of hydrogen-bond acceptors (Lipinski definition) is 7. The molecular weight excluding hydrogens is 345 g/mol. The summed E-state index contributed by atoms with van der Waals surface area (Å²) in [5.74, 6) is 1.08. The number of pyridine rings is 1. The fraction of sp³-hybridized carbons (Fsp3) is 0.211. The summed E-state index contributed by atoms with van der Waals surface area (Å²) in [6, 6.07) is 10.3. The number of aromatic nitrogens is 3. The molecular formula is C19H20FN7. The normalized spacial score (nSPS) is 14.3. The van der Waals surface area contributed by atoms with Crippen molar-refractivity contribution in [3.05, 3.63) is 60.9 Å². The van der Waals surface area contributed by atoms with Crippen LogP contribution in [0, 0.1) is 5.82 Å². The maximum Gasteiger partial charge on any atom is 0.159 e. The van der Waals surface area contributed by atoms with Gasteiger partial charge in [-0.2, -0.15) is 0 Å². The average Bonchev–Trinajstić information content (AvgIpc) is 2.71. The third kappa shape index (κ3) is 3.74. The van der Waals surface area contributed by atoms with E-state index in [2.05, 4.69) is 30.1 Å². The molecule has 0 spiro atoms. The Hall–Kier alpha value is -3.42. The second-order valence-electron chi connectivity index (χ2n) is 6.27. The number of anilines is 5. The molecule has 2 aromatic heterocycles. The molecule has 1 aliphatic rings. The predicted molar refractivity (Wildman–Crippen MR) is 105 cm³/mol. The van der Waals surface area contributed by atoms with E-state index < -0.39 is 0 Å². The van der Waals surface area contributed by atoms with Crippen LogP contribution in [0.2, 0.25) is 0 Å². The lowest BCUT2D eigenvalue weighted by molar-refractivity contribution is 0.624. The number of rotatable bonds is 4. The Bertz CT molecular complexity index is 894. The topological polar surface area (TPSA) is 83.2 Å². The quantitative estimate of drug-likeness (QED) is 0.735. The van der Waals surface area contributed by atoms with Crippen LogP contribution in [-0.4, -0.2) is 41.1 Å². The Morgan fingerprint density at radius 3 is 2.26 bits per heavy atom. The minimum atomic E-state index is -0.222. The maximum atomic E-state index is 13.1. The first-order chi connectivity index (χ1) is 13.2. The van der Waals surface area contributed by atoms with Gasteiger partial charge in [0.25, 0.3) is 0 Å². The van der Waals surface area contributed by atoms with E-state index in [-0.39, 0.29) is 5.82 Å². The average molecular weight is 365 g/mol. The molecule has 1 aliphatic heterocycles. The highest BCUT2D eigenvalue weighted by atomic mass is 19.1. The molecule has 0 bridgehead atoms. The fourth-order valence-corrected chi connectivity index (χ4v) is 3.14. The summed E-state index contributed by atoms with van der Waals surface area (Å²) < 4.78 is 13.1. The van der Waals surface area contributed by atoms with E-state index in [4.69, 9.17) is 5.73 Å². The minimum absolute atomic E-state index is 0.222. The molecule has 3 heterocycles. The number of nitrogen functional groups attached to an aromatic ring is 1. The summed E-state index contributed by atoms with van der Waals surface area (Å²) in [4.78, 5) is 17.0. The number of nitrogens with two attached hydrogens (primary N) is 1. The first kappa shape index (κ1) is 17.0. The van der Waals surface area contributed by atoms with Gasteiger partial charge in [0.15, 0.2) is 11.6 Å². The zero-order valence-electron chi connectivity index (χ0n) is 14.7. The second kappa shape index (κ2) is 7.45. The number of benzene rings is 1. The summed E-state index contributed by atoms with van der Waals surface area (Å²) >= 11 is 0.